The number of carbonyl (C=O) groups is 1. The Balaban J connectivity index is 1.75. The van der Waals surface area contributed by atoms with Crippen LogP contribution < -0.4 is 10.6 Å². The Labute approximate surface area is 150 Å². The maximum atomic E-state index is 12.7. The average Bonchev–Trinajstić information content (AvgIpc) is 3.09. The molecule has 2 aromatic heterocycles. The summed E-state index contributed by atoms with van der Waals surface area (Å²) in [5.74, 6) is 0.264. The fourth-order valence-corrected chi connectivity index (χ4v) is 2.29. The summed E-state index contributed by atoms with van der Waals surface area (Å²) in [4.78, 5) is 16.3. The van der Waals surface area contributed by atoms with Crippen molar-refractivity contribution in [3.63, 3.8) is 0 Å². The van der Waals surface area contributed by atoms with E-state index in [9.17, 15) is 18.0 Å². The van der Waals surface area contributed by atoms with Crippen LogP contribution in [-0.4, -0.2) is 21.1 Å². The quantitative estimate of drug-likeness (QED) is 0.582. The number of benzene rings is 1. The minimum Gasteiger partial charge on any atom is -0.325 e. The molecular formula is C16H11ClF3N5O. The topological polar surface area (TPSA) is 82.7 Å². The molecule has 0 saturated carbocycles. The zero-order chi connectivity index (χ0) is 18.7. The molecule has 0 atom stereocenters. The van der Waals surface area contributed by atoms with Crippen LogP contribution in [-0.2, 0) is 6.18 Å². The number of pyridine rings is 1. The number of aromatic nitrogens is 3. The van der Waals surface area contributed by atoms with Gasteiger partial charge in [0.15, 0.2) is 5.15 Å². The molecule has 3 N–H and O–H groups in total. The van der Waals surface area contributed by atoms with Crippen molar-refractivity contribution in [2.45, 2.75) is 6.18 Å². The Bertz CT molecular complexity index is 928. The number of carbonyl (C=O) groups excluding carboxylic acids is 1. The van der Waals surface area contributed by atoms with E-state index in [0.29, 0.717) is 11.6 Å². The maximum absolute atomic E-state index is 12.7. The summed E-state index contributed by atoms with van der Waals surface area (Å²) in [5.41, 5.74) is -0.881. The number of amides is 1. The van der Waals surface area contributed by atoms with Gasteiger partial charge in [0.25, 0.3) is 5.91 Å². The first kappa shape index (κ1) is 17.7. The van der Waals surface area contributed by atoms with Gasteiger partial charge in [0.05, 0.1) is 17.4 Å². The van der Waals surface area contributed by atoms with Crippen LogP contribution in [0.15, 0.2) is 48.7 Å². The SMILES string of the molecule is O=C(Nc1ccc(Nc2ccn[nH]2)nc1Cl)c1cccc(C(F)(F)F)c1. The zero-order valence-corrected chi connectivity index (χ0v) is 13.7. The molecule has 0 bridgehead atoms. The Hall–Kier alpha value is -3.07. The lowest BCUT2D eigenvalue weighted by Gasteiger charge is -2.11. The van der Waals surface area contributed by atoms with Gasteiger partial charge in [0, 0.05) is 11.6 Å². The van der Waals surface area contributed by atoms with Crippen LogP contribution in [0, 0.1) is 0 Å². The van der Waals surface area contributed by atoms with Gasteiger partial charge in [-0.3, -0.25) is 9.89 Å². The van der Waals surface area contributed by atoms with Crippen molar-refractivity contribution in [2.24, 2.45) is 0 Å². The average molecular weight is 382 g/mol. The van der Waals surface area contributed by atoms with E-state index in [1.807, 2.05) is 0 Å². The van der Waals surface area contributed by atoms with E-state index in [1.54, 1.807) is 18.3 Å². The summed E-state index contributed by atoms with van der Waals surface area (Å²) >= 11 is 6.03. The number of nitrogens with one attached hydrogen (secondary N) is 3. The highest BCUT2D eigenvalue weighted by molar-refractivity contribution is 6.32. The summed E-state index contributed by atoms with van der Waals surface area (Å²) in [6, 6.07) is 8.81. The summed E-state index contributed by atoms with van der Waals surface area (Å²) in [5, 5.41) is 11.8. The normalized spacial score (nSPS) is 11.2. The van der Waals surface area contributed by atoms with Gasteiger partial charge in [-0.2, -0.15) is 18.3 Å². The Morgan fingerprint density at radius 2 is 1.96 bits per heavy atom. The van der Waals surface area contributed by atoms with Crippen LogP contribution in [0.1, 0.15) is 15.9 Å². The maximum Gasteiger partial charge on any atom is 0.416 e. The summed E-state index contributed by atoms with van der Waals surface area (Å²) in [6.45, 7) is 0. The Morgan fingerprint density at radius 1 is 1.15 bits per heavy atom. The lowest BCUT2D eigenvalue weighted by Crippen LogP contribution is -2.14. The summed E-state index contributed by atoms with van der Waals surface area (Å²) in [7, 11) is 0. The van der Waals surface area contributed by atoms with E-state index in [4.69, 9.17) is 11.6 Å². The number of nitrogens with zero attached hydrogens (tertiary/aromatic N) is 2. The molecular weight excluding hydrogens is 371 g/mol. The van der Waals surface area contributed by atoms with Gasteiger partial charge in [-0.25, -0.2) is 4.98 Å². The zero-order valence-electron chi connectivity index (χ0n) is 12.9. The second-order valence-corrected chi connectivity index (χ2v) is 5.52. The molecule has 26 heavy (non-hydrogen) atoms. The van der Waals surface area contributed by atoms with Crippen molar-refractivity contribution in [2.75, 3.05) is 10.6 Å². The predicted molar refractivity (Wildman–Crippen MR) is 90.5 cm³/mol. The highest BCUT2D eigenvalue weighted by atomic mass is 35.5. The number of alkyl halides is 3. The molecule has 0 fully saturated rings. The minimum atomic E-state index is -4.53. The molecule has 0 spiro atoms. The van der Waals surface area contributed by atoms with Gasteiger partial charge in [0.2, 0.25) is 0 Å². The fraction of sp³-hybridized carbons (Fsp3) is 0.0625. The third-order valence-electron chi connectivity index (χ3n) is 3.31. The van der Waals surface area contributed by atoms with Crippen LogP contribution in [0.4, 0.5) is 30.5 Å². The first-order valence-corrected chi connectivity index (χ1v) is 7.62. The number of halogens is 4. The number of H-pyrrole nitrogens is 1. The third-order valence-corrected chi connectivity index (χ3v) is 3.60. The van der Waals surface area contributed by atoms with E-state index in [2.05, 4.69) is 25.8 Å². The molecule has 3 aromatic rings. The smallest absolute Gasteiger partial charge is 0.325 e. The van der Waals surface area contributed by atoms with Crippen molar-refractivity contribution in [3.05, 3.63) is 64.9 Å². The van der Waals surface area contributed by atoms with Gasteiger partial charge < -0.3 is 10.6 Å². The van der Waals surface area contributed by atoms with Gasteiger partial charge in [-0.15, -0.1) is 0 Å². The highest BCUT2D eigenvalue weighted by Gasteiger charge is 2.30. The van der Waals surface area contributed by atoms with Crippen LogP contribution in [0.2, 0.25) is 5.15 Å². The molecule has 0 saturated heterocycles. The van der Waals surface area contributed by atoms with Crippen LogP contribution >= 0.6 is 11.6 Å². The molecule has 134 valence electrons. The van der Waals surface area contributed by atoms with Crippen LogP contribution in [0.3, 0.4) is 0 Å². The van der Waals surface area contributed by atoms with Crippen molar-refractivity contribution < 1.29 is 18.0 Å². The molecule has 0 aliphatic rings. The number of hydrogen-bond donors (Lipinski definition) is 3. The number of hydrogen-bond acceptors (Lipinski definition) is 4. The molecule has 0 unspecified atom stereocenters. The number of aromatic amines is 1. The van der Waals surface area contributed by atoms with Crippen molar-refractivity contribution in [1.29, 1.82) is 0 Å². The molecule has 3 rings (SSSR count). The molecule has 0 radical (unpaired) electrons. The first-order chi connectivity index (χ1) is 12.3. The van der Waals surface area contributed by atoms with Crippen LogP contribution in [0.5, 0.6) is 0 Å². The predicted octanol–water partition coefficient (Wildman–Crippen LogP) is 4.47. The van der Waals surface area contributed by atoms with E-state index in [-0.39, 0.29) is 16.4 Å². The van der Waals surface area contributed by atoms with E-state index >= 15 is 0 Å². The largest absolute Gasteiger partial charge is 0.416 e. The van der Waals surface area contributed by atoms with E-state index in [1.165, 1.54) is 12.1 Å². The van der Waals surface area contributed by atoms with Gasteiger partial charge in [-0.1, -0.05) is 17.7 Å². The lowest BCUT2D eigenvalue weighted by molar-refractivity contribution is -0.137. The molecule has 1 aromatic carbocycles. The van der Waals surface area contributed by atoms with E-state index < -0.39 is 17.6 Å². The summed E-state index contributed by atoms with van der Waals surface area (Å²) in [6.07, 6.45) is -2.98. The molecule has 0 aliphatic heterocycles. The van der Waals surface area contributed by atoms with Gasteiger partial charge in [0.1, 0.15) is 11.6 Å². The third kappa shape index (κ3) is 4.12. The molecule has 2 heterocycles. The number of rotatable bonds is 4. The molecule has 6 nitrogen and oxygen atoms in total. The van der Waals surface area contributed by atoms with E-state index in [0.717, 1.165) is 18.2 Å². The summed E-state index contributed by atoms with van der Waals surface area (Å²) < 4.78 is 38.2. The second-order valence-electron chi connectivity index (χ2n) is 5.16. The second kappa shape index (κ2) is 7.04. The Morgan fingerprint density at radius 3 is 2.62 bits per heavy atom. The number of anilines is 3. The lowest BCUT2D eigenvalue weighted by atomic mass is 10.1. The van der Waals surface area contributed by atoms with Gasteiger partial charge >= 0.3 is 6.18 Å². The van der Waals surface area contributed by atoms with Crippen LogP contribution in [0.25, 0.3) is 0 Å². The fourth-order valence-electron chi connectivity index (χ4n) is 2.09. The van der Waals surface area contributed by atoms with Crippen molar-refractivity contribution in [3.8, 4) is 0 Å². The highest BCUT2D eigenvalue weighted by Crippen LogP contribution is 2.30. The first-order valence-electron chi connectivity index (χ1n) is 7.24. The molecule has 1 amide bonds. The monoisotopic (exact) mass is 381 g/mol. The standard InChI is InChI=1S/C16H11ClF3N5O/c17-14-11(4-5-12(24-14)23-13-6-7-21-25-13)22-15(26)9-2-1-3-10(8-9)16(18,19)20/h1-8H,(H,22,26)(H2,21,23,24,25). The minimum absolute atomic E-state index is 0.0187. The van der Waals surface area contributed by atoms with Gasteiger partial charge in [-0.05, 0) is 30.3 Å². The van der Waals surface area contributed by atoms with Crippen molar-refractivity contribution >= 4 is 34.8 Å². The molecule has 0 aliphatic carbocycles. The van der Waals surface area contributed by atoms with Crippen molar-refractivity contribution in [1.82, 2.24) is 15.2 Å². The Kier molecular flexibility index (Phi) is 4.81. The molecule has 10 heteroatoms.